The summed E-state index contributed by atoms with van der Waals surface area (Å²) in [5.74, 6) is 3.31. The highest BCUT2D eigenvalue weighted by atomic mass is 28.3. The van der Waals surface area contributed by atoms with Crippen LogP contribution in [-0.2, 0) is 0 Å². The fourth-order valence-electron chi connectivity index (χ4n) is 2.09. The molecule has 1 nitrogen and oxygen atoms in total. The number of benzene rings is 1. The Morgan fingerprint density at radius 2 is 1.77 bits per heavy atom. The number of unbranched alkanes of at least 4 members (excludes halogenated alkanes) is 2. The molecule has 0 heterocycles. The summed E-state index contributed by atoms with van der Waals surface area (Å²) in [6.07, 6.45) is 4.28. The first kappa shape index (κ1) is 18.5. The normalized spacial score (nSPS) is 10.4. The molecule has 22 heavy (non-hydrogen) atoms. The minimum absolute atomic E-state index is 0.0308. The van der Waals surface area contributed by atoms with Gasteiger partial charge in [0.05, 0.1) is 6.61 Å². The van der Waals surface area contributed by atoms with Gasteiger partial charge in [-0.1, -0.05) is 50.0 Å². The van der Waals surface area contributed by atoms with E-state index in [-0.39, 0.29) is 6.61 Å². The van der Waals surface area contributed by atoms with Crippen molar-refractivity contribution >= 4 is 13.6 Å². The van der Waals surface area contributed by atoms with Crippen LogP contribution in [0.5, 0.6) is 0 Å². The first-order valence-corrected chi connectivity index (χ1v) is 11.5. The van der Waals surface area contributed by atoms with E-state index in [1.54, 1.807) is 0 Å². The van der Waals surface area contributed by atoms with Crippen LogP contribution in [0.2, 0.25) is 19.6 Å². The number of hydrogen-bond donors (Lipinski definition) is 1. The smallest absolute Gasteiger partial charge is 0.129 e. The van der Waals surface area contributed by atoms with Crippen LogP contribution in [0.1, 0.15) is 38.2 Å². The van der Waals surface area contributed by atoms with Gasteiger partial charge in [-0.15, -0.1) is 17.2 Å². The molecule has 118 valence electrons. The first-order valence-electron chi connectivity index (χ1n) is 8.04. The van der Waals surface area contributed by atoms with E-state index in [4.69, 9.17) is 0 Å². The molecule has 1 aromatic carbocycles. The maximum absolute atomic E-state index is 9.52. The van der Waals surface area contributed by atoms with E-state index < -0.39 is 8.07 Å². The Hall–Kier alpha value is -1.52. The Labute approximate surface area is 136 Å². The van der Waals surface area contributed by atoms with Gasteiger partial charge >= 0.3 is 0 Å². The van der Waals surface area contributed by atoms with E-state index in [9.17, 15) is 5.11 Å². The van der Waals surface area contributed by atoms with Crippen LogP contribution >= 0.6 is 0 Å². The van der Waals surface area contributed by atoms with E-state index in [0.717, 1.165) is 36.8 Å². The molecule has 0 aliphatic heterocycles. The summed E-state index contributed by atoms with van der Waals surface area (Å²) in [5, 5.41) is 9.52. The van der Waals surface area contributed by atoms with Gasteiger partial charge in [-0.3, -0.25) is 0 Å². The lowest BCUT2D eigenvalue weighted by atomic mass is 10.0. The highest BCUT2D eigenvalue weighted by Crippen LogP contribution is 2.14. The van der Waals surface area contributed by atoms with Gasteiger partial charge in [-0.25, -0.2) is 0 Å². The molecule has 0 saturated heterocycles. The Morgan fingerprint density at radius 1 is 1.09 bits per heavy atom. The van der Waals surface area contributed by atoms with Crippen molar-refractivity contribution in [1.29, 1.82) is 0 Å². The van der Waals surface area contributed by atoms with Crippen LogP contribution < -0.4 is 0 Å². The van der Waals surface area contributed by atoms with Crippen LogP contribution in [0.15, 0.2) is 41.6 Å². The topological polar surface area (TPSA) is 20.2 Å². The zero-order valence-electron chi connectivity index (χ0n) is 14.4. The Bertz CT molecular complexity index is 576. The van der Waals surface area contributed by atoms with Crippen molar-refractivity contribution in [2.24, 2.45) is 0 Å². The molecule has 0 aliphatic rings. The van der Waals surface area contributed by atoms with Gasteiger partial charge in [-0.05, 0) is 37.3 Å². The van der Waals surface area contributed by atoms with Crippen molar-refractivity contribution in [2.45, 2.75) is 52.2 Å². The third-order valence-electron chi connectivity index (χ3n) is 3.21. The third kappa shape index (κ3) is 8.05. The molecule has 0 amide bonds. The van der Waals surface area contributed by atoms with E-state index in [1.807, 2.05) is 30.3 Å². The number of rotatable bonds is 6. The molecular weight excluding hydrogens is 284 g/mol. The van der Waals surface area contributed by atoms with Crippen LogP contribution in [0.25, 0.3) is 5.57 Å². The predicted molar refractivity (Wildman–Crippen MR) is 99.2 cm³/mol. The third-order valence-corrected chi connectivity index (χ3v) is 4.14. The summed E-state index contributed by atoms with van der Waals surface area (Å²) in [6, 6.07) is 9.98. The summed E-state index contributed by atoms with van der Waals surface area (Å²) >= 11 is 0. The molecule has 0 aromatic heterocycles. The highest BCUT2D eigenvalue weighted by molar-refractivity contribution is 6.83. The van der Waals surface area contributed by atoms with Crippen molar-refractivity contribution in [2.75, 3.05) is 6.61 Å². The Balaban J connectivity index is 2.54. The second kappa shape index (κ2) is 9.49. The maximum Gasteiger partial charge on any atom is 0.129 e. The molecule has 0 aliphatic carbocycles. The van der Waals surface area contributed by atoms with E-state index in [2.05, 4.69) is 43.8 Å². The average molecular weight is 313 g/mol. The van der Waals surface area contributed by atoms with E-state index in [1.165, 1.54) is 5.57 Å². The van der Waals surface area contributed by atoms with Gasteiger partial charge in [0.2, 0.25) is 0 Å². The lowest BCUT2D eigenvalue weighted by Gasteiger charge is -2.03. The largest absolute Gasteiger partial charge is 0.391 e. The van der Waals surface area contributed by atoms with Crippen molar-refractivity contribution in [3.63, 3.8) is 0 Å². The maximum atomic E-state index is 9.52. The van der Waals surface area contributed by atoms with E-state index in [0.29, 0.717) is 0 Å². The number of hydrogen-bond acceptors (Lipinski definition) is 1. The quantitative estimate of drug-likeness (QED) is 0.337. The molecule has 0 atom stereocenters. The van der Waals surface area contributed by atoms with Crippen LogP contribution in [0.4, 0.5) is 0 Å². The summed E-state index contributed by atoms with van der Waals surface area (Å²) in [5.41, 5.74) is 9.87. The predicted octanol–water partition coefficient (Wildman–Crippen LogP) is 5.05. The minimum atomic E-state index is -1.21. The molecular formula is C20H28OSi. The molecule has 0 saturated carbocycles. The van der Waals surface area contributed by atoms with Gasteiger partial charge < -0.3 is 5.11 Å². The summed E-state index contributed by atoms with van der Waals surface area (Å²) in [7, 11) is -1.21. The molecule has 1 rings (SSSR count). The summed E-state index contributed by atoms with van der Waals surface area (Å²) in [6.45, 7) is 8.95. The fourth-order valence-corrected chi connectivity index (χ4v) is 2.75. The molecule has 0 unspecified atom stereocenters. The molecule has 1 aromatic rings. The minimum Gasteiger partial charge on any atom is -0.391 e. The summed E-state index contributed by atoms with van der Waals surface area (Å²) < 4.78 is 0. The molecule has 1 N–H and O–H groups in total. The monoisotopic (exact) mass is 312 g/mol. The standard InChI is InChI=1S/C20H28OSi/c1-18(12-8-5-6-11-15-22(2,3)4)16-20(17-21)19-13-9-7-10-14-19/h7,9-10,13-14,21H,5-6,8,12,17H2,1-4H3. The van der Waals surface area contributed by atoms with Crippen molar-refractivity contribution in [3.05, 3.63) is 47.2 Å². The Morgan fingerprint density at radius 3 is 2.36 bits per heavy atom. The molecule has 2 heteroatoms. The lowest BCUT2D eigenvalue weighted by molar-refractivity contribution is 0.350. The number of aliphatic hydroxyl groups is 1. The first-order chi connectivity index (χ1) is 10.4. The lowest BCUT2D eigenvalue weighted by Crippen LogP contribution is -2.16. The van der Waals surface area contributed by atoms with Gasteiger partial charge in [0.1, 0.15) is 8.07 Å². The molecule has 0 spiro atoms. The van der Waals surface area contributed by atoms with Crippen LogP contribution in [0, 0.1) is 11.5 Å². The fraction of sp³-hybridized carbons (Fsp3) is 0.450. The number of aliphatic hydroxyl groups excluding tert-OH is 1. The SMILES string of the molecule is CC(=C=C(CO)c1ccccc1)CCCCC#C[Si](C)(C)C. The van der Waals surface area contributed by atoms with Gasteiger partial charge in [-0.2, -0.15) is 0 Å². The van der Waals surface area contributed by atoms with Crippen LogP contribution in [0.3, 0.4) is 0 Å². The molecule has 0 fully saturated rings. The average Bonchev–Trinajstić information content (AvgIpc) is 2.48. The second-order valence-electron chi connectivity index (χ2n) is 6.67. The second-order valence-corrected chi connectivity index (χ2v) is 11.4. The van der Waals surface area contributed by atoms with Crippen molar-refractivity contribution in [3.8, 4) is 11.5 Å². The van der Waals surface area contributed by atoms with E-state index >= 15 is 0 Å². The zero-order valence-corrected chi connectivity index (χ0v) is 15.4. The van der Waals surface area contributed by atoms with Crippen molar-refractivity contribution in [1.82, 2.24) is 0 Å². The van der Waals surface area contributed by atoms with Crippen LogP contribution in [-0.4, -0.2) is 19.8 Å². The van der Waals surface area contributed by atoms with Crippen molar-refractivity contribution < 1.29 is 5.11 Å². The van der Waals surface area contributed by atoms with Gasteiger partial charge in [0, 0.05) is 12.0 Å². The molecule has 0 bridgehead atoms. The summed E-state index contributed by atoms with van der Waals surface area (Å²) in [4.78, 5) is 0. The highest BCUT2D eigenvalue weighted by Gasteiger charge is 2.06. The molecule has 0 radical (unpaired) electrons. The van der Waals surface area contributed by atoms with Gasteiger partial charge in [0.15, 0.2) is 0 Å². The Kier molecular flexibility index (Phi) is 7.99. The zero-order chi connectivity index (χ0) is 16.4. The van der Waals surface area contributed by atoms with Gasteiger partial charge in [0.25, 0.3) is 0 Å².